The molecule has 3 saturated carbocycles. The van der Waals surface area contributed by atoms with Crippen LogP contribution in [0.5, 0.6) is 0 Å². The van der Waals surface area contributed by atoms with Gasteiger partial charge in [-0.05, 0) is 99.4 Å². The molecule has 0 saturated heterocycles. The predicted octanol–water partition coefficient (Wildman–Crippen LogP) is 3.95. The number of rotatable bonds is 10. The maximum absolute atomic E-state index is 12.4. The van der Waals surface area contributed by atoms with E-state index in [1.165, 1.54) is 18.9 Å². The smallest absolute Gasteiger partial charge is 0.326 e. The van der Waals surface area contributed by atoms with E-state index in [1.54, 1.807) is 0 Å². The zero-order chi connectivity index (χ0) is 28.4. The fourth-order valence-corrected chi connectivity index (χ4v) is 8.10. The Bertz CT molecular complexity index is 1010. The average Bonchev–Trinajstić information content (AvgIpc) is 3.20. The second kappa shape index (κ2) is 12.0. The lowest BCUT2D eigenvalue weighted by molar-refractivity contribution is -0.142. The molecule has 0 spiro atoms. The van der Waals surface area contributed by atoms with Crippen LogP contribution >= 0.6 is 0 Å². The van der Waals surface area contributed by atoms with Gasteiger partial charge < -0.3 is 25.7 Å². The van der Waals surface area contributed by atoms with Crippen LogP contribution in [0.15, 0.2) is 16.8 Å². The summed E-state index contributed by atoms with van der Waals surface area (Å²) in [5.41, 5.74) is 2.52. The van der Waals surface area contributed by atoms with Crippen LogP contribution in [0.2, 0.25) is 0 Å². The number of unbranched alkanes of at least 4 members (excludes halogenated alkanes) is 1. The minimum absolute atomic E-state index is 0.0830. The van der Waals surface area contributed by atoms with Gasteiger partial charge in [0, 0.05) is 0 Å². The van der Waals surface area contributed by atoms with Crippen molar-refractivity contribution >= 4 is 23.5 Å². The van der Waals surface area contributed by atoms with Crippen LogP contribution in [0.4, 0.5) is 0 Å². The summed E-state index contributed by atoms with van der Waals surface area (Å²) < 4.78 is 0. The van der Waals surface area contributed by atoms with Crippen LogP contribution in [0.1, 0.15) is 98.3 Å². The second-order valence-electron chi connectivity index (χ2n) is 12.8. The minimum Gasteiger partial charge on any atom is -0.480 e. The van der Waals surface area contributed by atoms with Gasteiger partial charge in [0.1, 0.15) is 12.1 Å². The third-order valence-electron chi connectivity index (χ3n) is 10.5. The number of oxime groups is 1. The molecule has 9 heteroatoms. The van der Waals surface area contributed by atoms with Crippen molar-refractivity contribution in [2.75, 3.05) is 6.61 Å². The summed E-state index contributed by atoms with van der Waals surface area (Å²) in [4.78, 5) is 41.4. The molecule has 0 heterocycles. The van der Waals surface area contributed by atoms with Crippen molar-refractivity contribution in [3.63, 3.8) is 0 Å². The summed E-state index contributed by atoms with van der Waals surface area (Å²) in [6.07, 6.45) is 12.3. The molecule has 3 fully saturated rings. The van der Waals surface area contributed by atoms with Gasteiger partial charge in [-0.2, -0.15) is 0 Å². The Kier molecular flexibility index (Phi) is 9.08. The van der Waals surface area contributed by atoms with Gasteiger partial charge in [0.25, 0.3) is 5.91 Å². The third-order valence-corrected chi connectivity index (χ3v) is 10.5. The number of nitrogens with one attached hydrogen (secondary N) is 2. The van der Waals surface area contributed by atoms with Crippen molar-refractivity contribution in [3.05, 3.63) is 11.6 Å². The number of aliphatic hydroxyl groups is 1. The first-order chi connectivity index (χ1) is 18.5. The highest BCUT2D eigenvalue weighted by Gasteiger charge is 2.58. The largest absolute Gasteiger partial charge is 0.480 e. The molecule has 0 aromatic rings. The number of amides is 2. The summed E-state index contributed by atoms with van der Waals surface area (Å²) in [7, 11) is 0. The molecular formula is C30H47N3O6. The van der Waals surface area contributed by atoms with Gasteiger partial charge in [-0.25, -0.2) is 4.79 Å². The van der Waals surface area contributed by atoms with Crippen molar-refractivity contribution < 1.29 is 29.4 Å². The molecule has 0 radical (unpaired) electrons. The highest BCUT2D eigenvalue weighted by atomic mass is 16.6. The van der Waals surface area contributed by atoms with Crippen LogP contribution in [-0.2, 0) is 19.2 Å². The molecule has 2 unspecified atom stereocenters. The van der Waals surface area contributed by atoms with E-state index in [0.717, 1.165) is 57.1 Å². The molecule has 0 aromatic carbocycles. The maximum atomic E-state index is 12.4. The third kappa shape index (κ3) is 6.03. The van der Waals surface area contributed by atoms with Crippen molar-refractivity contribution in [1.29, 1.82) is 0 Å². The van der Waals surface area contributed by atoms with Crippen LogP contribution in [0, 0.1) is 28.6 Å². The Morgan fingerprint density at radius 1 is 1.10 bits per heavy atom. The van der Waals surface area contributed by atoms with Gasteiger partial charge in [0.15, 0.2) is 6.61 Å². The fourth-order valence-electron chi connectivity index (χ4n) is 8.10. The van der Waals surface area contributed by atoms with Crippen molar-refractivity contribution in [2.45, 2.75) is 117 Å². The van der Waals surface area contributed by atoms with E-state index in [2.05, 4.69) is 35.7 Å². The zero-order valence-corrected chi connectivity index (χ0v) is 24.0. The molecule has 0 aromatic heterocycles. The second-order valence-corrected chi connectivity index (χ2v) is 12.8. The molecule has 0 aliphatic heterocycles. The SMILES string of the molecule is CCCCC(NC(=O)C(C)NC(=O)CON=C1C=C2CC[C@H]3[C@@H]4CC[C@@H](O)[C@@]4(C)CC[C@@H]3[C@@]2(C)CC1)C(=O)O. The van der Waals surface area contributed by atoms with Gasteiger partial charge in [0.2, 0.25) is 5.91 Å². The molecule has 4 rings (SSSR count). The van der Waals surface area contributed by atoms with E-state index in [1.807, 2.05) is 6.92 Å². The molecule has 8 atom stereocenters. The predicted molar refractivity (Wildman–Crippen MR) is 148 cm³/mol. The van der Waals surface area contributed by atoms with Gasteiger partial charge in [-0.15, -0.1) is 0 Å². The first-order valence-electron chi connectivity index (χ1n) is 14.9. The maximum Gasteiger partial charge on any atom is 0.326 e. The van der Waals surface area contributed by atoms with E-state index in [4.69, 9.17) is 4.84 Å². The number of hydrogen-bond acceptors (Lipinski definition) is 6. The standard InChI is InChI=1S/C30H47N3O6/c1-5-6-7-24(28(37)38)32-27(36)18(2)31-26(35)17-39-33-20-12-14-29(3)19(16-20)8-9-21-22-10-11-25(34)30(22,4)15-13-23(21)29/h16,18,21-25,34H,5-15,17H2,1-4H3,(H,31,35)(H,32,36)(H,37,38)/t18?,21-,22-,23-,24?,25+,29-,30-/m0/s1. The van der Waals surface area contributed by atoms with E-state index in [-0.39, 0.29) is 23.5 Å². The first kappa shape index (κ1) is 29.6. The molecule has 4 aliphatic rings. The lowest BCUT2D eigenvalue weighted by Gasteiger charge is -2.57. The number of nitrogens with zero attached hydrogens (tertiary/aromatic N) is 1. The fraction of sp³-hybridized carbons (Fsp3) is 0.800. The van der Waals surface area contributed by atoms with Crippen LogP contribution in [-0.4, -0.2) is 58.5 Å². The normalized spacial score (nSPS) is 36.0. The van der Waals surface area contributed by atoms with Gasteiger partial charge in [0.05, 0.1) is 11.8 Å². The summed E-state index contributed by atoms with van der Waals surface area (Å²) in [6, 6.07) is -1.86. The van der Waals surface area contributed by atoms with Gasteiger partial charge >= 0.3 is 5.97 Å². The molecule has 0 bridgehead atoms. The molecule has 9 nitrogen and oxygen atoms in total. The number of fused-ring (bicyclic) bond motifs is 5. The van der Waals surface area contributed by atoms with E-state index < -0.39 is 29.9 Å². The highest BCUT2D eigenvalue weighted by Crippen LogP contribution is 2.65. The Morgan fingerprint density at radius 3 is 2.59 bits per heavy atom. The summed E-state index contributed by atoms with van der Waals surface area (Å²) in [5.74, 6) is -0.166. The number of carbonyl (C=O) groups excluding carboxylic acids is 2. The number of aliphatic hydroxyl groups excluding tert-OH is 1. The topological polar surface area (TPSA) is 137 Å². The number of carboxylic acid groups (broad SMARTS) is 1. The lowest BCUT2D eigenvalue weighted by Crippen LogP contribution is -2.51. The monoisotopic (exact) mass is 545 g/mol. The van der Waals surface area contributed by atoms with Crippen molar-refractivity contribution in [1.82, 2.24) is 10.6 Å². The van der Waals surface area contributed by atoms with Crippen LogP contribution in [0.25, 0.3) is 0 Å². The number of carbonyl (C=O) groups is 3. The zero-order valence-electron chi connectivity index (χ0n) is 24.0. The number of allylic oxidation sites excluding steroid dienone is 2. The first-order valence-corrected chi connectivity index (χ1v) is 14.9. The Hall–Kier alpha value is -2.42. The molecule has 218 valence electrons. The summed E-state index contributed by atoms with van der Waals surface area (Å²) in [6.45, 7) is 7.88. The molecule has 2 amide bonds. The Morgan fingerprint density at radius 2 is 1.87 bits per heavy atom. The average molecular weight is 546 g/mol. The number of hydrogen-bond donors (Lipinski definition) is 4. The molecule has 39 heavy (non-hydrogen) atoms. The molecule has 4 N–H and O–H groups in total. The van der Waals surface area contributed by atoms with Crippen molar-refractivity contribution in [3.8, 4) is 0 Å². The van der Waals surface area contributed by atoms with Gasteiger partial charge in [-0.1, -0.05) is 44.3 Å². The lowest BCUT2D eigenvalue weighted by atomic mass is 9.47. The van der Waals surface area contributed by atoms with E-state index in [0.29, 0.717) is 30.6 Å². The highest BCUT2D eigenvalue weighted by molar-refractivity contribution is 5.96. The summed E-state index contributed by atoms with van der Waals surface area (Å²) in [5, 5.41) is 29.3. The molecular weight excluding hydrogens is 498 g/mol. The van der Waals surface area contributed by atoms with E-state index in [9.17, 15) is 24.6 Å². The summed E-state index contributed by atoms with van der Waals surface area (Å²) >= 11 is 0. The van der Waals surface area contributed by atoms with Crippen LogP contribution < -0.4 is 10.6 Å². The number of aliphatic carboxylic acids is 1. The number of carboxylic acids is 1. The Labute approximate surface area is 232 Å². The quantitative estimate of drug-likeness (QED) is 0.307. The van der Waals surface area contributed by atoms with E-state index >= 15 is 0 Å². The molecule has 4 aliphatic carbocycles. The van der Waals surface area contributed by atoms with Gasteiger partial charge in [-0.3, -0.25) is 9.59 Å². The van der Waals surface area contributed by atoms with Crippen LogP contribution in [0.3, 0.4) is 0 Å². The minimum atomic E-state index is -1.08. The van der Waals surface area contributed by atoms with Crippen molar-refractivity contribution in [2.24, 2.45) is 33.7 Å². The Balaban J connectivity index is 1.28.